The van der Waals surface area contributed by atoms with Crippen molar-refractivity contribution in [3.05, 3.63) is 83.4 Å². The number of anilines is 3. The summed E-state index contributed by atoms with van der Waals surface area (Å²) in [7, 11) is 0. The average molecular weight is 368 g/mol. The second-order valence-corrected chi connectivity index (χ2v) is 5.43. The first-order valence-electron chi connectivity index (χ1n) is 7.66. The molecule has 0 saturated carbocycles. The van der Waals surface area contributed by atoms with Gasteiger partial charge in [0.2, 0.25) is 0 Å². The van der Waals surface area contributed by atoms with Crippen LogP contribution in [-0.2, 0) is 0 Å². The van der Waals surface area contributed by atoms with Crippen LogP contribution < -0.4 is 10.6 Å². The molecule has 1 amide bonds. The van der Waals surface area contributed by atoms with E-state index in [2.05, 4.69) is 15.6 Å². The molecule has 3 aromatic rings. The van der Waals surface area contributed by atoms with Crippen LogP contribution >= 0.6 is 0 Å². The van der Waals surface area contributed by atoms with Crippen molar-refractivity contribution in [1.82, 2.24) is 4.98 Å². The van der Waals surface area contributed by atoms with E-state index in [-0.39, 0.29) is 5.69 Å². The molecule has 134 valence electrons. The predicted molar refractivity (Wildman–Crippen MR) is 92.9 cm³/mol. The number of carbonyl (C=O) groups is 1. The lowest BCUT2D eigenvalue weighted by Crippen LogP contribution is -2.15. The third-order valence-electron chi connectivity index (χ3n) is 3.56. The van der Waals surface area contributed by atoms with Gasteiger partial charge in [0.05, 0.1) is 29.2 Å². The van der Waals surface area contributed by atoms with Crippen molar-refractivity contribution in [1.29, 1.82) is 5.26 Å². The number of aromatic nitrogens is 1. The van der Waals surface area contributed by atoms with E-state index in [4.69, 9.17) is 5.26 Å². The van der Waals surface area contributed by atoms with Gasteiger partial charge < -0.3 is 10.6 Å². The molecule has 0 spiro atoms. The van der Waals surface area contributed by atoms with Crippen LogP contribution in [-0.4, -0.2) is 10.9 Å². The average Bonchev–Trinajstić information content (AvgIpc) is 2.69. The van der Waals surface area contributed by atoms with E-state index in [1.54, 1.807) is 30.3 Å². The van der Waals surface area contributed by atoms with Gasteiger partial charge in [0.25, 0.3) is 5.91 Å². The summed E-state index contributed by atoms with van der Waals surface area (Å²) in [6, 6.07) is 13.4. The van der Waals surface area contributed by atoms with Gasteiger partial charge in [-0.15, -0.1) is 0 Å². The lowest BCUT2D eigenvalue weighted by Gasteiger charge is -2.09. The summed E-state index contributed by atoms with van der Waals surface area (Å²) in [4.78, 5) is 16.1. The number of pyridine rings is 1. The minimum Gasteiger partial charge on any atom is -0.354 e. The SMILES string of the molecule is N#Cc1cccc(Nc2ccc(C(=O)Nc3ccc(F)c(F)c3F)nc2)c1. The molecule has 0 unspecified atom stereocenters. The molecule has 0 aliphatic carbocycles. The number of hydrogen-bond donors (Lipinski definition) is 2. The molecule has 1 aromatic heterocycles. The number of amides is 1. The fraction of sp³-hybridized carbons (Fsp3) is 0. The smallest absolute Gasteiger partial charge is 0.274 e. The maximum absolute atomic E-state index is 13.6. The molecule has 1 heterocycles. The standard InChI is InChI=1S/C19H11F3N4O/c20-14-5-7-15(18(22)17(14)21)26-19(27)16-6-4-13(10-24-16)25-12-3-1-2-11(8-12)9-23/h1-8,10,25H,(H,26,27). The molecule has 2 aromatic carbocycles. The number of nitriles is 1. The van der Waals surface area contributed by atoms with Crippen LogP contribution in [0.5, 0.6) is 0 Å². The summed E-state index contributed by atoms with van der Waals surface area (Å²) in [5.41, 5.74) is 1.17. The quantitative estimate of drug-likeness (QED) is 0.671. The first-order valence-corrected chi connectivity index (χ1v) is 7.66. The molecule has 0 aliphatic heterocycles. The van der Waals surface area contributed by atoms with Crippen molar-refractivity contribution >= 4 is 23.0 Å². The molecule has 0 aliphatic rings. The molecule has 2 N–H and O–H groups in total. The highest BCUT2D eigenvalue weighted by Crippen LogP contribution is 2.21. The van der Waals surface area contributed by atoms with Gasteiger partial charge in [-0.3, -0.25) is 4.79 Å². The van der Waals surface area contributed by atoms with E-state index in [0.29, 0.717) is 23.0 Å². The van der Waals surface area contributed by atoms with Crippen molar-refractivity contribution in [2.75, 3.05) is 10.6 Å². The largest absolute Gasteiger partial charge is 0.354 e. The highest BCUT2D eigenvalue weighted by atomic mass is 19.2. The molecule has 0 saturated heterocycles. The topological polar surface area (TPSA) is 77.8 Å². The van der Waals surface area contributed by atoms with Crippen LogP contribution in [0.1, 0.15) is 16.1 Å². The zero-order chi connectivity index (χ0) is 19.4. The van der Waals surface area contributed by atoms with Gasteiger partial charge in [-0.25, -0.2) is 18.2 Å². The first kappa shape index (κ1) is 17.9. The van der Waals surface area contributed by atoms with E-state index in [1.165, 1.54) is 12.3 Å². The normalized spacial score (nSPS) is 10.1. The highest BCUT2D eigenvalue weighted by Gasteiger charge is 2.16. The van der Waals surface area contributed by atoms with Gasteiger partial charge in [0, 0.05) is 5.69 Å². The van der Waals surface area contributed by atoms with Crippen molar-refractivity contribution in [3.8, 4) is 6.07 Å². The number of hydrogen-bond acceptors (Lipinski definition) is 4. The van der Waals surface area contributed by atoms with Crippen molar-refractivity contribution < 1.29 is 18.0 Å². The molecule has 0 atom stereocenters. The Morgan fingerprint density at radius 1 is 1.00 bits per heavy atom. The van der Waals surface area contributed by atoms with Gasteiger partial charge in [-0.05, 0) is 42.5 Å². The summed E-state index contributed by atoms with van der Waals surface area (Å²) < 4.78 is 39.8. The number of benzene rings is 2. The first-order chi connectivity index (χ1) is 13.0. The molecule has 3 rings (SSSR count). The Hall–Kier alpha value is -3.86. The number of nitrogens with zero attached hydrogens (tertiary/aromatic N) is 2. The highest BCUT2D eigenvalue weighted by molar-refractivity contribution is 6.03. The third-order valence-corrected chi connectivity index (χ3v) is 3.56. The summed E-state index contributed by atoms with van der Waals surface area (Å²) in [6.07, 6.45) is 1.37. The lowest BCUT2D eigenvalue weighted by atomic mass is 10.2. The van der Waals surface area contributed by atoms with E-state index < -0.39 is 29.0 Å². The number of nitrogens with one attached hydrogen (secondary N) is 2. The predicted octanol–water partition coefficient (Wildman–Crippen LogP) is 4.37. The molecular weight excluding hydrogens is 357 g/mol. The van der Waals surface area contributed by atoms with Gasteiger partial charge in [-0.1, -0.05) is 6.07 Å². The summed E-state index contributed by atoms with van der Waals surface area (Å²) in [5, 5.41) is 14.1. The Balaban J connectivity index is 1.72. The Morgan fingerprint density at radius 3 is 2.52 bits per heavy atom. The molecule has 0 radical (unpaired) electrons. The summed E-state index contributed by atoms with van der Waals surface area (Å²) in [6.45, 7) is 0. The third kappa shape index (κ3) is 4.04. The van der Waals surface area contributed by atoms with E-state index in [9.17, 15) is 18.0 Å². The van der Waals surface area contributed by atoms with Crippen LogP contribution in [0.25, 0.3) is 0 Å². The fourth-order valence-corrected chi connectivity index (χ4v) is 2.24. The van der Waals surface area contributed by atoms with Gasteiger partial charge in [0.1, 0.15) is 5.69 Å². The minimum atomic E-state index is -1.67. The van der Waals surface area contributed by atoms with Crippen molar-refractivity contribution in [2.24, 2.45) is 0 Å². The Morgan fingerprint density at radius 2 is 1.81 bits per heavy atom. The van der Waals surface area contributed by atoms with Gasteiger partial charge >= 0.3 is 0 Å². The monoisotopic (exact) mass is 368 g/mol. The van der Waals surface area contributed by atoms with Crippen LogP contribution in [0.4, 0.5) is 30.2 Å². The Bertz CT molecular complexity index is 1050. The molecule has 8 heteroatoms. The molecule has 5 nitrogen and oxygen atoms in total. The molecule has 0 fully saturated rings. The van der Waals surface area contributed by atoms with Crippen LogP contribution in [0.3, 0.4) is 0 Å². The zero-order valence-corrected chi connectivity index (χ0v) is 13.6. The van der Waals surface area contributed by atoms with Gasteiger partial charge in [0.15, 0.2) is 17.5 Å². The fourth-order valence-electron chi connectivity index (χ4n) is 2.24. The maximum Gasteiger partial charge on any atom is 0.274 e. The Labute approximate surface area is 152 Å². The second kappa shape index (κ2) is 7.58. The van der Waals surface area contributed by atoms with Crippen molar-refractivity contribution in [3.63, 3.8) is 0 Å². The molecular formula is C19H11F3N4O. The summed E-state index contributed by atoms with van der Waals surface area (Å²) in [5.74, 6) is -5.28. The number of rotatable bonds is 4. The maximum atomic E-state index is 13.6. The molecule has 0 bridgehead atoms. The van der Waals surface area contributed by atoms with Crippen molar-refractivity contribution in [2.45, 2.75) is 0 Å². The number of halogens is 3. The van der Waals surface area contributed by atoms with Gasteiger partial charge in [-0.2, -0.15) is 5.26 Å². The molecule has 27 heavy (non-hydrogen) atoms. The van der Waals surface area contributed by atoms with E-state index in [1.807, 2.05) is 6.07 Å². The van der Waals surface area contributed by atoms with Crippen LogP contribution in [0.2, 0.25) is 0 Å². The Kier molecular flexibility index (Phi) is 5.04. The minimum absolute atomic E-state index is 0.0459. The summed E-state index contributed by atoms with van der Waals surface area (Å²) >= 11 is 0. The van der Waals surface area contributed by atoms with E-state index >= 15 is 0 Å². The zero-order valence-electron chi connectivity index (χ0n) is 13.6. The lowest BCUT2D eigenvalue weighted by molar-refractivity contribution is 0.102. The van der Waals surface area contributed by atoms with Crippen LogP contribution in [0.15, 0.2) is 54.7 Å². The van der Waals surface area contributed by atoms with E-state index in [0.717, 1.165) is 6.07 Å². The second-order valence-electron chi connectivity index (χ2n) is 5.43. The van der Waals surface area contributed by atoms with Crippen LogP contribution in [0, 0.1) is 28.8 Å². The number of carbonyl (C=O) groups excluding carboxylic acids is 1.